The molecule has 0 saturated carbocycles. The third-order valence-corrected chi connectivity index (χ3v) is 4.75. The minimum atomic E-state index is -0.315. The molecule has 2 aromatic carbocycles. The van der Waals surface area contributed by atoms with Crippen LogP contribution in [0.4, 0.5) is 5.69 Å². The number of nitrogens with one attached hydrogen (secondary N) is 1. The van der Waals surface area contributed by atoms with E-state index in [-0.39, 0.29) is 10.6 Å². The first-order chi connectivity index (χ1) is 11.2. The van der Waals surface area contributed by atoms with E-state index < -0.39 is 0 Å². The van der Waals surface area contributed by atoms with Gasteiger partial charge in [0.2, 0.25) is 0 Å². The van der Waals surface area contributed by atoms with Crippen LogP contribution in [0.3, 0.4) is 0 Å². The number of rotatable bonds is 5. The van der Waals surface area contributed by atoms with Crippen molar-refractivity contribution in [1.29, 1.82) is 0 Å². The van der Waals surface area contributed by atoms with Crippen LogP contribution in [0.5, 0.6) is 0 Å². The van der Waals surface area contributed by atoms with Crippen LogP contribution in [-0.4, -0.2) is 18.0 Å². The van der Waals surface area contributed by atoms with Crippen LogP contribution in [0.25, 0.3) is 0 Å². The van der Waals surface area contributed by atoms with Crippen LogP contribution in [0.15, 0.2) is 54.6 Å². The van der Waals surface area contributed by atoms with Gasteiger partial charge >= 0.3 is 0 Å². The Morgan fingerprint density at radius 3 is 2.39 bits per heavy atom. The molecule has 0 amide bonds. The lowest BCUT2D eigenvalue weighted by atomic mass is 9.90. The molecule has 4 heteroatoms. The van der Waals surface area contributed by atoms with Crippen molar-refractivity contribution in [1.82, 2.24) is 0 Å². The van der Waals surface area contributed by atoms with E-state index in [1.54, 1.807) is 18.2 Å². The van der Waals surface area contributed by atoms with Crippen molar-refractivity contribution in [3.05, 3.63) is 75.8 Å². The lowest BCUT2D eigenvalue weighted by Crippen LogP contribution is -3.11. The number of likely N-dealkylation sites (tertiary alicyclic amines) is 1. The maximum Gasteiger partial charge on any atom is 0.269 e. The maximum atomic E-state index is 10.9. The number of hydrogen-bond donors (Lipinski definition) is 1. The fourth-order valence-corrected chi connectivity index (χ4v) is 3.48. The Hall–Kier alpha value is -2.20. The molecule has 0 radical (unpaired) electrons. The van der Waals surface area contributed by atoms with Crippen LogP contribution < -0.4 is 4.90 Å². The molecule has 0 aromatic heterocycles. The standard InChI is InChI=1S/C19H22N2O2/c22-21(23)19-8-4-7-18(14-19)15-20-11-9-17(10-12-20)13-16-5-2-1-3-6-16/h1-8,14,17H,9-13,15H2/p+1. The Balaban J connectivity index is 1.51. The van der Waals surface area contributed by atoms with Crippen LogP contribution in [0.2, 0.25) is 0 Å². The summed E-state index contributed by atoms with van der Waals surface area (Å²) in [7, 11) is 0. The molecule has 1 N–H and O–H groups in total. The van der Waals surface area contributed by atoms with Gasteiger partial charge in [0, 0.05) is 17.7 Å². The lowest BCUT2D eigenvalue weighted by Gasteiger charge is -2.29. The Morgan fingerprint density at radius 2 is 1.70 bits per heavy atom. The van der Waals surface area contributed by atoms with Crippen molar-refractivity contribution >= 4 is 5.69 Å². The lowest BCUT2D eigenvalue weighted by molar-refractivity contribution is -0.919. The zero-order valence-corrected chi connectivity index (χ0v) is 13.3. The van der Waals surface area contributed by atoms with Gasteiger partial charge in [-0.15, -0.1) is 0 Å². The average Bonchev–Trinajstić information content (AvgIpc) is 2.58. The normalized spacial score (nSPS) is 21.0. The van der Waals surface area contributed by atoms with Gasteiger partial charge in [0.25, 0.3) is 5.69 Å². The van der Waals surface area contributed by atoms with Gasteiger partial charge in [-0.25, -0.2) is 0 Å². The van der Waals surface area contributed by atoms with Crippen LogP contribution in [0, 0.1) is 16.0 Å². The van der Waals surface area contributed by atoms with Gasteiger partial charge < -0.3 is 4.90 Å². The van der Waals surface area contributed by atoms with E-state index in [0.29, 0.717) is 0 Å². The van der Waals surface area contributed by atoms with Gasteiger partial charge in [-0.3, -0.25) is 10.1 Å². The number of benzene rings is 2. The number of hydrogen-bond acceptors (Lipinski definition) is 2. The molecule has 0 bridgehead atoms. The van der Waals surface area contributed by atoms with E-state index in [4.69, 9.17) is 0 Å². The average molecular weight is 311 g/mol. The zero-order chi connectivity index (χ0) is 16.1. The van der Waals surface area contributed by atoms with Crippen molar-refractivity contribution in [2.45, 2.75) is 25.8 Å². The molecule has 1 aliphatic rings. The van der Waals surface area contributed by atoms with Crippen molar-refractivity contribution in [2.24, 2.45) is 5.92 Å². The molecule has 2 aromatic rings. The number of nitrogens with zero attached hydrogens (tertiary/aromatic N) is 1. The Labute approximate surface area is 136 Å². The molecule has 0 atom stereocenters. The summed E-state index contributed by atoms with van der Waals surface area (Å²) < 4.78 is 0. The molecule has 0 unspecified atom stereocenters. The summed E-state index contributed by atoms with van der Waals surface area (Å²) >= 11 is 0. The van der Waals surface area contributed by atoms with Crippen molar-refractivity contribution < 1.29 is 9.82 Å². The minimum absolute atomic E-state index is 0.195. The van der Waals surface area contributed by atoms with E-state index in [9.17, 15) is 10.1 Å². The van der Waals surface area contributed by atoms with Gasteiger partial charge in [-0.1, -0.05) is 42.5 Å². The zero-order valence-electron chi connectivity index (χ0n) is 13.3. The second-order valence-electron chi connectivity index (χ2n) is 6.49. The van der Waals surface area contributed by atoms with Gasteiger partial charge in [0.05, 0.1) is 18.0 Å². The quantitative estimate of drug-likeness (QED) is 0.681. The highest BCUT2D eigenvalue weighted by atomic mass is 16.6. The predicted molar refractivity (Wildman–Crippen MR) is 90.4 cm³/mol. The topological polar surface area (TPSA) is 47.6 Å². The van der Waals surface area contributed by atoms with Gasteiger partial charge in [0.15, 0.2) is 0 Å². The summed E-state index contributed by atoms with van der Waals surface area (Å²) in [6, 6.07) is 17.8. The molecule has 3 rings (SSSR count). The summed E-state index contributed by atoms with van der Waals surface area (Å²) in [5.74, 6) is 0.770. The third kappa shape index (κ3) is 4.39. The SMILES string of the molecule is O=[N+]([O-])c1cccc(C[NH+]2CCC(Cc3ccccc3)CC2)c1. The van der Waals surface area contributed by atoms with Crippen LogP contribution >= 0.6 is 0 Å². The van der Waals surface area contributed by atoms with E-state index in [1.807, 2.05) is 6.07 Å². The first-order valence-electron chi connectivity index (χ1n) is 8.31. The number of nitro groups is 1. The molecular formula is C19H23N2O2+. The number of non-ortho nitro benzene ring substituents is 1. The highest BCUT2D eigenvalue weighted by molar-refractivity contribution is 5.33. The van der Waals surface area contributed by atoms with Crippen molar-refractivity contribution in [3.8, 4) is 0 Å². The Kier molecular flexibility index (Phi) is 5.03. The van der Waals surface area contributed by atoms with E-state index in [2.05, 4.69) is 30.3 Å². The molecular weight excluding hydrogens is 288 g/mol. The number of quaternary nitrogens is 1. The second kappa shape index (κ2) is 7.38. The highest BCUT2D eigenvalue weighted by Gasteiger charge is 2.22. The van der Waals surface area contributed by atoms with Crippen LogP contribution in [-0.2, 0) is 13.0 Å². The van der Waals surface area contributed by atoms with Gasteiger partial charge in [-0.2, -0.15) is 0 Å². The highest BCUT2D eigenvalue weighted by Crippen LogP contribution is 2.17. The summed E-state index contributed by atoms with van der Waals surface area (Å²) in [5.41, 5.74) is 2.69. The molecule has 23 heavy (non-hydrogen) atoms. The van der Waals surface area contributed by atoms with Crippen LogP contribution in [0.1, 0.15) is 24.0 Å². The molecule has 120 valence electrons. The molecule has 1 aliphatic heterocycles. The van der Waals surface area contributed by atoms with E-state index >= 15 is 0 Å². The first kappa shape index (κ1) is 15.7. The first-order valence-corrected chi connectivity index (χ1v) is 8.31. The third-order valence-electron chi connectivity index (χ3n) is 4.75. The van der Waals surface area contributed by atoms with Crippen molar-refractivity contribution in [2.75, 3.05) is 13.1 Å². The molecule has 1 heterocycles. The summed E-state index contributed by atoms with van der Waals surface area (Å²) in [6.45, 7) is 3.19. The minimum Gasteiger partial charge on any atom is -0.331 e. The molecule has 0 aliphatic carbocycles. The smallest absolute Gasteiger partial charge is 0.269 e. The number of piperidine rings is 1. The number of nitro benzene ring substituents is 1. The fourth-order valence-electron chi connectivity index (χ4n) is 3.48. The fraction of sp³-hybridized carbons (Fsp3) is 0.368. The largest absolute Gasteiger partial charge is 0.331 e. The van der Waals surface area contributed by atoms with E-state index in [1.165, 1.54) is 29.7 Å². The maximum absolute atomic E-state index is 10.9. The summed E-state index contributed by atoms with van der Waals surface area (Å²) in [5, 5.41) is 10.9. The van der Waals surface area contributed by atoms with Gasteiger partial charge in [0.1, 0.15) is 6.54 Å². The second-order valence-corrected chi connectivity index (χ2v) is 6.49. The Morgan fingerprint density at radius 1 is 1.00 bits per heavy atom. The molecule has 0 spiro atoms. The predicted octanol–water partition coefficient (Wildman–Crippen LogP) is 2.63. The van der Waals surface area contributed by atoms with Gasteiger partial charge in [-0.05, 0) is 30.7 Å². The molecule has 1 saturated heterocycles. The molecule has 1 fully saturated rings. The van der Waals surface area contributed by atoms with Crippen molar-refractivity contribution in [3.63, 3.8) is 0 Å². The summed E-state index contributed by atoms with van der Waals surface area (Å²) in [6.07, 6.45) is 3.64. The van der Waals surface area contributed by atoms with E-state index in [0.717, 1.165) is 31.1 Å². The molecule has 4 nitrogen and oxygen atoms in total. The Bertz CT molecular complexity index is 649. The monoisotopic (exact) mass is 311 g/mol. The summed E-state index contributed by atoms with van der Waals surface area (Å²) in [4.78, 5) is 12.1.